The molecule has 1 aliphatic rings. The van der Waals surface area contributed by atoms with E-state index in [4.69, 9.17) is 0 Å². The summed E-state index contributed by atoms with van der Waals surface area (Å²) in [4.78, 5) is 13.2. The Morgan fingerprint density at radius 2 is 1.26 bits per heavy atom. The minimum atomic E-state index is -0.648. The number of hydrogen-bond acceptors (Lipinski definition) is 1. The van der Waals surface area contributed by atoms with Gasteiger partial charge in [0.15, 0.2) is 0 Å². The van der Waals surface area contributed by atoms with E-state index >= 15 is 0 Å². The maximum atomic E-state index is 13.2. The standard InChI is InChI=1S/C28H27NOP/c1-21(23-13-6-3-7-14-23)29-28(30)27-20-12-19-26(27)22(2)31(24-15-8-4-9-16-24)25-17-10-5-11-18-25/h3-22H,1-2H3,(H,29,30)/t21-,22-/m1/s1. The molecular formula is C28H27NOP. The molecule has 0 heterocycles. The monoisotopic (exact) mass is 424 g/mol. The van der Waals surface area contributed by atoms with E-state index in [9.17, 15) is 4.79 Å². The van der Waals surface area contributed by atoms with E-state index in [0.29, 0.717) is 0 Å². The Morgan fingerprint density at radius 1 is 0.742 bits per heavy atom. The quantitative estimate of drug-likeness (QED) is 0.522. The molecule has 5 radical (unpaired) electrons. The lowest BCUT2D eigenvalue weighted by Gasteiger charge is -2.32. The van der Waals surface area contributed by atoms with Gasteiger partial charge in [0.1, 0.15) is 0 Å². The lowest BCUT2D eigenvalue weighted by molar-refractivity contribution is -0.119. The summed E-state index contributed by atoms with van der Waals surface area (Å²) in [5.41, 5.74) is 1.32. The van der Waals surface area contributed by atoms with E-state index < -0.39 is 7.92 Å². The second kappa shape index (κ2) is 10.2. The molecule has 2 atom stereocenters. The first-order valence-electron chi connectivity index (χ1n) is 10.7. The third-order valence-electron chi connectivity index (χ3n) is 5.65. The molecule has 31 heavy (non-hydrogen) atoms. The van der Waals surface area contributed by atoms with E-state index in [2.05, 4.69) is 79.3 Å². The summed E-state index contributed by atoms with van der Waals surface area (Å²) in [5.74, 6) is 1.87. The summed E-state index contributed by atoms with van der Waals surface area (Å²) in [5, 5.41) is 5.82. The summed E-state index contributed by atoms with van der Waals surface area (Å²) in [6.07, 6.45) is 6.05. The Morgan fingerprint density at radius 3 is 1.81 bits per heavy atom. The van der Waals surface area contributed by atoms with Crippen molar-refractivity contribution in [2.45, 2.75) is 25.5 Å². The number of benzene rings is 3. The Balaban J connectivity index is 1.55. The van der Waals surface area contributed by atoms with Crippen molar-refractivity contribution in [2.24, 2.45) is 0 Å². The average Bonchev–Trinajstić information content (AvgIpc) is 3.31. The molecule has 3 aromatic rings. The summed E-state index contributed by atoms with van der Waals surface area (Å²) in [7, 11) is -0.648. The fraction of sp³-hybridized carbons (Fsp3) is 0.143. The largest absolute Gasteiger partial charge is 0.349 e. The second-order valence-corrected chi connectivity index (χ2v) is 10.3. The van der Waals surface area contributed by atoms with Crippen LogP contribution in [0.2, 0.25) is 0 Å². The van der Waals surface area contributed by atoms with Gasteiger partial charge in [-0.1, -0.05) is 97.9 Å². The molecule has 1 saturated carbocycles. The number of rotatable bonds is 7. The SMILES string of the molecule is C[C@H]([C]1[CH][CH][CH][C]1C(=O)N[C@H](C)c1ccccc1)P(c1ccccc1)c1ccccc1. The zero-order valence-corrected chi connectivity index (χ0v) is 18.8. The zero-order valence-electron chi connectivity index (χ0n) is 17.9. The molecule has 0 bridgehead atoms. The molecule has 1 fully saturated rings. The lowest BCUT2D eigenvalue weighted by atomic mass is 9.92. The van der Waals surface area contributed by atoms with Gasteiger partial charge >= 0.3 is 0 Å². The van der Waals surface area contributed by atoms with Crippen molar-refractivity contribution in [3.05, 3.63) is 128 Å². The van der Waals surface area contributed by atoms with Crippen molar-refractivity contribution < 1.29 is 4.79 Å². The van der Waals surface area contributed by atoms with Crippen molar-refractivity contribution in [2.75, 3.05) is 0 Å². The summed E-state index contributed by atoms with van der Waals surface area (Å²) < 4.78 is 0. The van der Waals surface area contributed by atoms with Gasteiger partial charge in [-0.25, -0.2) is 0 Å². The van der Waals surface area contributed by atoms with Gasteiger partial charge in [0.05, 0.1) is 12.0 Å². The summed E-state index contributed by atoms with van der Waals surface area (Å²) in [6, 6.07) is 31.4. The van der Waals surface area contributed by atoms with Gasteiger partial charge in [0.25, 0.3) is 0 Å². The first-order chi connectivity index (χ1) is 15.1. The molecule has 0 saturated heterocycles. The van der Waals surface area contributed by atoms with E-state index in [1.807, 2.05) is 50.1 Å². The van der Waals surface area contributed by atoms with Crippen LogP contribution < -0.4 is 15.9 Å². The van der Waals surface area contributed by atoms with Gasteiger partial charge in [-0.15, -0.1) is 0 Å². The molecule has 2 nitrogen and oxygen atoms in total. The third kappa shape index (κ3) is 5.08. The molecule has 1 aliphatic carbocycles. The van der Waals surface area contributed by atoms with Crippen LogP contribution in [0.3, 0.4) is 0 Å². The van der Waals surface area contributed by atoms with Crippen molar-refractivity contribution >= 4 is 24.4 Å². The molecule has 1 amide bonds. The summed E-state index contributed by atoms with van der Waals surface area (Å²) >= 11 is 0. The molecule has 1 N–H and O–H groups in total. The van der Waals surface area contributed by atoms with E-state index in [1.54, 1.807) is 0 Å². The van der Waals surface area contributed by atoms with Crippen molar-refractivity contribution in [1.29, 1.82) is 0 Å². The van der Waals surface area contributed by atoms with Crippen LogP contribution in [0.5, 0.6) is 0 Å². The van der Waals surface area contributed by atoms with Crippen molar-refractivity contribution in [3.8, 4) is 0 Å². The fourth-order valence-corrected chi connectivity index (χ4v) is 6.70. The Kier molecular flexibility index (Phi) is 7.20. The molecule has 0 aliphatic heterocycles. The van der Waals surface area contributed by atoms with Gasteiger partial charge in [-0.05, 0) is 55.9 Å². The molecular weight excluding hydrogens is 397 g/mol. The highest BCUT2D eigenvalue weighted by molar-refractivity contribution is 7.73. The highest BCUT2D eigenvalue weighted by Crippen LogP contribution is 2.50. The van der Waals surface area contributed by atoms with Crippen molar-refractivity contribution in [1.82, 2.24) is 5.32 Å². The molecule has 155 valence electrons. The van der Waals surface area contributed by atoms with Crippen LogP contribution in [0.15, 0.2) is 91.0 Å². The van der Waals surface area contributed by atoms with Gasteiger partial charge in [0, 0.05) is 5.92 Å². The summed E-state index contributed by atoms with van der Waals surface area (Å²) in [6.45, 7) is 4.28. The highest BCUT2D eigenvalue weighted by Gasteiger charge is 2.41. The molecule has 3 aromatic carbocycles. The number of carbonyl (C=O) groups excluding carboxylic acids is 1. The minimum Gasteiger partial charge on any atom is -0.349 e. The lowest BCUT2D eigenvalue weighted by Crippen LogP contribution is -2.36. The van der Waals surface area contributed by atoms with Crippen LogP contribution in [0.1, 0.15) is 25.5 Å². The Labute approximate surface area is 187 Å². The van der Waals surface area contributed by atoms with Gasteiger partial charge < -0.3 is 5.32 Å². The van der Waals surface area contributed by atoms with Crippen molar-refractivity contribution in [3.63, 3.8) is 0 Å². The maximum Gasteiger partial charge on any atom is 0.228 e. The van der Waals surface area contributed by atoms with Crippen LogP contribution in [0.4, 0.5) is 0 Å². The van der Waals surface area contributed by atoms with Crippen LogP contribution >= 0.6 is 7.92 Å². The number of amides is 1. The number of hydrogen-bond donors (Lipinski definition) is 1. The molecule has 4 rings (SSSR count). The zero-order chi connectivity index (χ0) is 21.6. The predicted octanol–water partition coefficient (Wildman–Crippen LogP) is 5.16. The number of carbonyl (C=O) groups is 1. The normalized spacial score (nSPS) is 16.9. The maximum absolute atomic E-state index is 13.2. The fourth-order valence-electron chi connectivity index (χ4n) is 4.02. The number of nitrogens with one attached hydrogen (secondary N) is 1. The first-order valence-corrected chi connectivity index (χ1v) is 12.1. The Hall–Kier alpha value is -2.44. The minimum absolute atomic E-state index is 0.0146. The van der Waals surface area contributed by atoms with Gasteiger partial charge in [-0.2, -0.15) is 0 Å². The molecule has 3 heteroatoms. The Bertz CT molecular complexity index is 921. The van der Waals surface area contributed by atoms with Crippen LogP contribution in [-0.4, -0.2) is 11.6 Å². The second-order valence-electron chi connectivity index (χ2n) is 7.72. The topological polar surface area (TPSA) is 29.1 Å². The van der Waals surface area contributed by atoms with Gasteiger partial charge in [0.2, 0.25) is 5.91 Å². The average molecular weight is 425 g/mol. The highest BCUT2D eigenvalue weighted by atomic mass is 31.1. The first kappa shape index (κ1) is 21.8. The van der Waals surface area contributed by atoms with Crippen LogP contribution in [0.25, 0.3) is 0 Å². The third-order valence-corrected chi connectivity index (χ3v) is 8.41. The molecule has 0 aromatic heterocycles. The van der Waals surface area contributed by atoms with E-state index in [1.165, 1.54) is 10.6 Å². The molecule has 0 unspecified atom stereocenters. The van der Waals surface area contributed by atoms with Gasteiger partial charge in [-0.3, -0.25) is 4.79 Å². The van der Waals surface area contributed by atoms with Crippen LogP contribution in [0, 0.1) is 31.1 Å². The van der Waals surface area contributed by atoms with E-state index in [-0.39, 0.29) is 17.6 Å². The van der Waals surface area contributed by atoms with E-state index in [0.717, 1.165) is 17.4 Å². The smallest absolute Gasteiger partial charge is 0.228 e. The predicted molar refractivity (Wildman–Crippen MR) is 131 cm³/mol. The molecule has 0 spiro atoms. The van der Waals surface area contributed by atoms with Crippen LogP contribution in [-0.2, 0) is 4.79 Å².